The standard InChI is InChI=1S/C10H14N2O/c1-6-5-10(7(2)8(3)13)12-9(4)11-6/h5,7H,1-4H3. The van der Waals surface area contributed by atoms with Gasteiger partial charge in [0.2, 0.25) is 0 Å². The Morgan fingerprint density at radius 2 is 2.00 bits per heavy atom. The molecule has 0 radical (unpaired) electrons. The van der Waals surface area contributed by atoms with E-state index in [1.807, 2.05) is 26.8 Å². The predicted molar refractivity (Wildman–Crippen MR) is 50.6 cm³/mol. The molecule has 1 rings (SSSR count). The zero-order valence-corrected chi connectivity index (χ0v) is 8.46. The van der Waals surface area contributed by atoms with Crippen LogP contribution in [-0.4, -0.2) is 15.8 Å². The van der Waals surface area contributed by atoms with E-state index in [0.29, 0.717) is 0 Å². The Labute approximate surface area is 78.2 Å². The first-order valence-electron chi connectivity index (χ1n) is 4.33. The summed E-state index contributed by atoms with van der Waals surface area (Å²) in [5.74, 6) is 0.737. The van der Waals surface area contributed by atoms with Crippen LogP contribution in [0.15, 0.2) is 6.07 Å². The van der Waals surface area contributed by atoms with Gasteiger partial charge in [-0.15, -0.1) is 0 Å². The highest BCUT2D eigenvalue weighted by atomic mass is 16.1. The van der Waals surface area contributed by atoms with Crippen LogP contribution in [0.5, 0.6) is 0 Å². The van der Waals surface area contributed by atoms with Crippen LogP contribution in [0.4, 0.5) is 0 Å². The van der Waals surface area contributed by atoms with E-state index in [1.54, 1.807) is 6.92 Å². The lowest BCUT2D eigenvalue weighted by atomic mass is 10.0. The van der Waals surface area contributed by atoms with Crippen LogP contribution in [0.2, 0.25) is 0 Å². The molecule has 3 heteroatoms. The molecule has 0 aromatic carbocycles. The molecular weight excluding hydrogens is 164 g/mol. The van der Waals surface area contributed by atoms with Gasteiger partial charge in [-0.05, 0) is 33.8 Å². The number of Topliss-reactive ketones (excluding diaryl/α,β-unsaturated/α-hetero) is 1. The summed E-state index contributed by atoms with van der Waals surface area (Å²) in [6.07, 6.45) is 0. The minimum absolute atomic E-state index is 0.125. The van der Waals surface area contributed by atoms with Gasteiger partial charge in [-0.2, -0.15) is 0 Å². The molecule has 0 aliphatic rings. The number of hydrogen-bond acceptors (Lipinski definition) is 3. The molecule has 0 saturated carbocycles. The maximum atomic E-state index is 11.1. The Bertz CT molecular complexity index is 313. The summed E-state index contributed by atoms with van der Waals surface area (Å²) in [5, 5.41) is 0. The normalized spacial score (nSPS) is 12.6. The fourth-order valence-corrected chi connectivity index (χ4v) is 1.18. The van der Waals surface area contributed by atoms with Crippen LogP contribution in [0.1, 0.15) is 37.0 Å². The molecule has 1 heterocycles. The maximum absolute atomic E-state index is 11.1. The van der Waals surface area contributed by atoms with Gasteiger partial charge < -0.3 is 0 Å². The molecule has 0 bridgehead atoms. The van der Waals surface area contributed by atoms with E-state index in [0.717, 1.165) is 17.2 Å². The van der Waals surface area contributed by atoms with Crippen molar-refractivity contribution in [2.75, 3.05) is 0 Å². The van der Waals surface area contributed by atoms with Crippen molar-refractivity contribution >= 4 is 5.78 Å². The van der Waals surface area contributed by atoms with Crippen LogP contribution < -0.4 is 0 Å². The summed E-state index contributed by atoms with van der Waals surface area (Å²) in [6, 6.07) is 1.86. The third kappa shape index (κ3) is 2.34. The van der Waals surface area contributed by atoms with Gasteiger partial charge in [-0.25, -0.2) is 9.97 Å². The lowest BCUT2D eigenvalue weighted by Crippen LogP contribution is -2.08. The van der Waals surface area contributed by atoms with E-state index in [9.17, 15) is 4.79 Å². The molecule has 0 aliphatic heterocycles. The third-order valence-corrected chi connectivity index (χ3v) is 2.04. The van der Waals surface area contributed by atoms with E-state index in [4.69, 9.17) is 0 Å². The van der Waals surface area contributed by atoms with Gasteiger partial charge in [0.05, 0.1) is 11.6 Å². The van der Waals surface area contributed by atoms with Gasteiger partial charge >= 0.3 is 0 Å². The number of rotatable bonds is 2. The molecule has 13 heavy (non-hydrogen) atoms. The van der Waals surface area contributed by atoms with Gasteiger partial charge in [-0.1, -0.05) is 0 Å². The van der Waals surface area contributed by atoms with Crippen LogP contribution in [-0.2, 0) is 4.79 Å². The highest BCUT2D eigenvalue weighted by Crippen LogP contribution is 2.14. The lowest BCUT2D eigenvalue weighted by molar-refractivity contribution is -0.118. The van der Waals surface area contributed by atoms with Gasteiger partial charge in [0.25, 0.3) is 0 Å². The van der Waals surface area contributed by atoms with Gasteiger partial charge in [0, 0.05) is 5.69 Å². The molecule has 1 aromatic rings. The van der Waals surface area contributed by atoms with Gasteiger partial charge in [0.15, 0.2) is 0 Å². The van der Waals surface area contributed by atoms with Crippen LogP contribution in [0, 0.1) is 13.8 Å². The minimum atomic E-state index is -0.125. The second-order valence-electron chi connectivity index (χ2n) is 3.31. The lowest BCUT2D eigenvalue weighted by Gasteiger charge is -2.07. The zero-order chi connectivity index (χ0) is 10.0. The average Bonchev–Trinajstić information content (AvgIpc) is 2.01. The molecular formula is C10H14N2O. The Morgan fingerprint density at radius 3 is 2.46 bits per heavy atom. The van der Waals surface area contributed by atoms with Crippen molar-refractivity contribution in [3.05, 3.63) is 23.3 Å². The first-order valence-corrected chi connectivity index (χ1v) is 4.33. The van der Waals surface area contributed by atoms with Crippen molar-refractivity contribution in [2.24, 2.45) is 0 Å². The number of carbonyl (C=O) groups excluding carboxylic acids is 1. The summed E-state index contributed by atoms with van der Waals surface area (Å²) in [6.45, 7) is 7.19. The average molecular weight is 178 g/mol. The molecule has 3 nitrogen and oxygen atoms in total. The molecule has 70 valence electrons. The Morgan fingerprint density at radius 1 is 1.38 bits per heavy atom. The van der Waals surface area contributed by atoms with Gasteiger partial charge in [0.1, 0.15) is 11.6 Å². The number of carbonyl (C=O) groups is 1. The van der Waals surface area contributed by atoms with E-state index in [1.165, 1.54) is 0 Å². The predicted octanol–water partition coefficient (Wildman–Crippen LogP) is 1.79. The topological polar surface area (TPSA) is 42.9 Å². The fourth-order valence-electron chi connectivity index (χ4n) is 1.18. The van der Waals surface area contributed by atoms with Crippen LogP contribution >= 0.6 is 0 Å². The molecule has 0 N–H and O–H groups in total. The fraction of sp³-hybridized carbons (Fsp3) is 0.500. The van der Waals surface area contributed by atoms with Crippen molar-refractivity contribution in [1.82, 2.24) is 9.97 Å². The largest absolute Gasteiger partial charge is 0.299 e. The smallest absolute Gasteiger partial charge is 0.138 e. The molecule has 0 saturated heterocycles. The summed E-state index contributed by atoms with van der Waals surface area (Å²) in [7, 11) is 0. The number of ketones is 1. The van der Waals surface area contributed by atoms with Crippen LogP contribution in [0.25, 0.3) is 0 Å². The second-order valence-corrected chi connectivity index (χ2v) is 3.31. The second kappa shape index (κ2) is 3.64. The number of nitrogens with zero attached hydrogens (tertiary/aromatic N) is 2. The summed E-state index contributed by atoms with van der Waals surface area (Å²) in [5.41, 5.74) is 1.73. The number of hydrogen-bond donors (Lipinski definition) is 0. The molecule has 0 aliphatic carbocycles. The zero-order valence-electron chi connectivity index (χ0n) is 8.46. The Balaban J connectivity index is 3.07. The highest BCUT2D eigenvalue weighted by molar-refractivity contribution is 5.82. The third-order valence-electron chi connectivity index (χ3n) is 2.04. The van der Waals surface area contributed by atoms with E-state index < -0.39 is 0 Å². The Kier molecular flexibility index (Phi) is 2.76. The van der Waals surface area contributed by atoms with Gasteiger partial charge in [-0.3, -0.25) is 4.79 Å². The number of aromatic nitrogens is 2. The van der Waals surface area contributed by atoms with Crippen molar-refractivity contribution in [3.63, 3.8) is 0 Å². The highest BCUT2D eigenvalue weighted by Gasteiger charge is 2.12. The van der Waals surface area contributed by atoms with E-state index in [-0.39, 0.29) is 11.7 Å². The first kappa shape index (κ1) is 9.84. The van der Waals surface area contributed by atoms with Crippen molar-refractivity contribution in [2.45, 2.75) is 33.6 Å². The monoisotopic (exact) mass is 178 g/mol. The molecule has 0 fully saturated rings. The van der Waals surface area contributed by atoms with Crippen molar-refractivity contribution in [1.29, 1.82) is 0 Å². The molecule has 1 unspecified atom stereocenters. The van der Waals surface area contributed by atoms with Crippen molar-refractivity contribution < 1.29 is 4.79 Å². The summed E-state index contributed by atoms with van der Waals surface area (Å²) in [4.78, 5) is 19.5. The Hall–Kier alpha value is -1.25. The summed E-state index contributed by atoms with van der Waals surface area (Å²) >= 11 is 0. The van der Waals surface area contributed by atoms with Crippen LogP contribution in [0.3, 0.4) is 0 Å². The summed E-state index contributed by atoms with van der Waals surface area (Å²) < 4.78 is 0. The molecule has 0 spiro atoms. The van der Waals surface area contributed by atoms with E-state index in [2.05, 4.69) is 9.97 Å². The molecule has 1 aromatic heterocycles. The molecule has 1 atom stereocenters. The minimum Gasteiger partial charge on any atom is -0.299 e. The first-order chi connectivity index (χ1) is 6.00. The molecule has 0 amide bonds. The SMILES string of the molecule is CC(=O)C(C)c1cc(C)nc(C)n1. The van der Waals surface area contributed by atoms with Crippen molar-refractivity contribution in [3.8, 4) is 0 Å². The maximum Gasteiger partial charge on any atom is 0.138 e. The number of aryl methyl sites for hydroxylation is 2. The van der Waals surface area contributed by atoms with E-state index >= 15 is 0 Å². The quantitative estimate of drug-likeness (QED) is 0.693.